The molecule has 0 spiro atoms. The first-order valence-corrected chi connectivity index (χ1v) is 8.62. The Hall–Kier alpha value is -1.03. The van der Waals surface area contributed by atoms with E-state index in [1.165, 1.54) is 17.0 Å². The lowest BCUT2D eigenvalue weighted by Crippen LogP contribution is -2.39. The number of carbonyl (C=O) groups excluding carboxylic acids is 1. The molecule has 0 aliphatic carbocycles. The summed E-state index contributed by atoms with van der Waals surface area (Å²) >= 11 is 1.69. The van der Waals surface area contributed by atoms with Crippen LogP contribution in [0.25, 0.3) is 0 Å². The van der Waals surface area contributed by atoms with Crippen LogP contribution in [-0.2, 0) is 4.79 Å². The number of amides is 1. The fraction of sp³-hybridized carbons (Fsp3) is 0.500. The van der Waals surface area contributed by atoms with Crippen molar-refractivity contribution in [2.24, 2.45) is 4.99 Å². The largest absolute Gasteiger partial charge is 0.357 e. The molecule has 136 valence electrons. The quantitative estimate of drug-likeness (QED) is 0.203. The van der Waals surface area contributed by atoms with Gasteiger partial charge in [-0.2, -0.15) is 0 Å². The Morgan fingerprint density at radius 3 is 2.50 bits per heavy atom. The number of halogens is 2. The van der Waals surface area contributed by atoms with E-state index in [0.29, 0.717) is 5.96 Å². The van der Waals surface area contributed by atoms with Crippen molar-refractivity contribution in [3.63, 3.8) is 0 Å². The van der Waals surface area contributed by atoms with E-state index < -0.39 is 0 Å². The lowest BCUT2D eigenvalue weighted by Gasteiger charge is -2.12. The fourth-order valence-electron chi connectivity index (χ4n) is 1.63. The third-order valence-corrected chi connectivity index (χ3v) is 4.01. The van der Waals surface area contributed by atoms with Gasteiger partial charge in [0.05, 0.1) is 0 Å². The highest BCUT2D eigenvalue weighted by atomic mass is 127. The van der Waals surface area contributed by atoms with E-state index in [4.69, 9.17) is 0 Å². The van der Waals surface area contributed by atoms with Gasteiger partial charge < -0.3 is 15.5 Å². The smallest absolute Gasteiger partial charge is 0.243 e. The van der Waals surface area contributed by atoms with E-state index in [-0.39, 0.29) is 42.2 Å². The Kier molecular flexibility index (Phi) is 12.7. The topological polar surface area (TPSA) is 56.7 Å². The van der Waals surface area contributed by atoms with Crippen LogP contribution in [0.3, 0.4) is 0 Å². The van der Waals surface area contributed by atoms with Crippen LogP contribution >= 0.6 is 35.7 Å². The Bertz CT molecular complexity index is 511. The number of nitrogens with one attached hydrogen (secondary N) is 2. The Balaban J connectivity index is 0.00000529. The predicted molar refractivity (Wildman–Crippen MR) is 110 cm³/mol. The first kappa shape index (κ1) is 23.0. The van der Waals surface area contributed by atoms with E-state index in [1.54, 1.807) is 38.0 Å². The minimum Gasteiger partial charge on any atom is -0.357 e. The standard InChI is InChI=1S/C16H25FN4OS.HI/c1-4-18-16(20-12-15(22)21(2)3)19-10-5-11-23-14-8-6-13(17)7-9-14;/h6-9H,4-5,10-12H2,1-3H3,(H2,18,19,20);1H. The maximum Gasteiger partial charge on any atom is 0.243 e. The van der Waals surface area contributed by atoms with E-state index in [2.05, 4.69) is 15.6 Å². The van der Waals surface area contributed by atoms with Crippen LogP contribution in [0.2, 0.25) is 0 Å². The molecular weight excluding hydrogens is 442 g/mol. The maximum atomic E-state index is 12.8. The Labute approximate surface area is 164 Å². The number of thioether (sulfide) groups is 1. The summed E-state index contributed by atoms with van der Waals surface area (Å²) < 4.78 is 12.8. The third kappa shape index (κ3) is 9.96. The normalized spacial score (nSPS) is 10.8. The highest BCUT2D eigenvalue weighted by Gasteiger charge is 2.03. The van der Waals surface area contributed by atoms with Crippen molar-refractivity contribution in [2.75, 3.05) is 39.5 Å². The minimum atomic E-state index is -0.213. The number of likely N-dealkylation sites (N-methyl/N-ethyl adjacent to an activating group) is 1. The van der Waals surface area contributed by atoms with Crippen LogP contribution in [0.1, 0.15) is 13.3 Å². The molecule has 1 rings (SSSR count). The van der Waals surface area contributed by atoms with Crippen molar-refractivity contribution >= 4 is 47.6 Å². The summed E-state index contributed by atoms with van der Waals surface area (Å²) in [6.45, 7) is 3.62. The van der Waals surface area contributed by atoms with Gasteiger partial charge in [-0.05, 0) is 43.4 Å². The molecule has 0 heterocycles. The summed E-state index contributed by atoms with van der Waals surface area (Å²) in [6.07, 6.45) is 0.939. The average molecular weight is 468 g/mol. The number of benzene rings is 1. The zero-order chi connectivity index (χ0) is 17.1. The number of hydrogen-bond acceptors (Lipinski definition) is 3. The molecule has 0 saturated carbocycles. The molecule has 0 saturated heterocycles. The van der Waals surface area contributed by atoms with Gasteiger partial charge in [-0.1, -0.05) is 0 Å². The van der Waals surface area contributed by atoms with Gasteiger partial charge in [-0.25, -0.2) is 9.38 Å². The number of carbonyl (C=O) groups is 1. The molecule has 1 amide bonds. The van der Waals surface area contributed by atoms with Crippen molar-refractivity contribution in [3.8, 4) is 0 Å². The molecule has 1 aromatic rings. The second kappa shape index (κ2) is 13.3. The van der Waals surface area contributed by atoms with E-state index in [9.17, 15) is 9.18 Å². The molecule has 2 N–H and O–H groups in total. The first-order valence-electron chi connectivity index (χ1n) is 7.63. The molecule has 0 unspecified atom stereocenters. The van der Waals surface area contributed by atoms with Gasteiger partial charge in [-0.15, -0.1) is 35.7 Å². The summed E-state index contributed by atoms with van der Waals surface area (Å²) in [5, 5.41) is 6.32. The molecule has 0 radical (unpaired) electrons. The second-order valence-corrected chi connectivity index (χ2v) is 6.23. The van der Waals surface area contributed by atoms with Crippen molar-refractivity contribution in [2.45, 2.75) is 18.2 Å². The second-order valence-electron chi connectivity index (χ2n) is 5.07. The average Bonchev–Trinajstić information content (AvgIpc) is 2.53. The number of rotatable bonds is 8. The van der Waals surface area contributed by atoms with Gasteiger partial charge >= 0.3 is 0 Å². The van der Waals surface area contributed by atoms with Crippen LogP contribution in [-0.4, -0.2) is 56.2 Å². The number of hydrogen-bond donors (Lipinski definition) is 2. The van der Waals surface area contributed by atoms with Crippen LogP contribution in [0.15, 0.2) is 34.2 Å². The van der Waals surface area contributed by atoms with Gasteiger partial charge in [0, 0.05) is 32.1 Å². The Morgan fingerprint density at radius 2 is 1.92 bits per heavy atom. The summed E-state index contributed by atoms with van der Waals surface area (Å²) in [4.78, 5) is 18.4. The molecule has 0 aliphatic heterocycles. The molecule has 0 atom stereocenters. The van der Waals surface area contributed by atoms with E-state index >= 15 is 0 Å². The molecule has 24 heavy (non-hydrogen) atoms. The predicted octanol–water partition coefficient (Wildman–Crippen LogP) is 2.57. The van der Waals surface area contributed by atoms with Crippen LogP contribution in [0.4, 0.5) is 4.39 Å². The monoisotopic (exact) mass is 468 g/mol. The van der Waals surface area contributed by atoms with Crippen LogP contribution in [0.5, 0.6) is 0 Å². The van der Waals surface area contributed by atoms with Crippen LogP contribution < -0.4 is 10.6 Å². The Morgan fingerprint density at radius 1 is 1.25 bits per heavy atom. The van der Waals surface area contributed by atoms with Gasteiger partial charge in [0.25, 0.3) is 0 Å². The summed E-state index contributed by atoms with van der Waals surface area (Å²) in [5.74, 6) is 1.33. The molecule has 0 aliphatic rings. The lowest BCUT2D eigenvalue weighted by molar-refractivity contribution is -0.127. The van der Waals surface area contributed by atoms with Gasteiger partial charge in [0.15, 0.2) is 5.96 Å². The molecular formula is C16H26FIN4OS. The number of nitrogens with zero attached hydrogens (tertiary/aromatic N) is 2. The molecule has 1 aromatic carbocycles. The SMILES string of the molecule is CCNC(=NCC(=O)N(C)C)NCCCSc1ccc(F)cc1.I. The third-order valence-electron chi connectivity index (χ3n) is 2.91. The van der Waals surface area contributed by atoms with Gasteiger partial charge in [0.1, 0.15) is 12.4 Å². The molecule has 0 bridgehead atoms. The highest BCUT2D eigenvalue weighted by Crippen LogP contribution is 2.18. The summed E-state index contributed by atoms with van der Waals surface area (Å²) in [6, 6.07) is 6.51. The van der Waals surface area contributed by atoms with Crippen molar-refractivity contribution in [1.29, 1.82) is 0 Å². The van der Waals surface area contributed by atoms with Gasteiger partial charge in [-0.3, -0.25) is 4.79 Å². The fourth-order valence-corrected chi connectivity index (χ4v) is 2.48. The maximum absolute atomic E-state index is 12.8. The summed E-state index contributed by atoms with van der Waals surface area (Å²) in [5.41, 5.74) is 0. The van der Waals surface area contributed by atoms with Crippen molar-refractivity contribution < 1.29 is 9.18 Å². The number of guanidine groups is 1. The van der Waals surface area contributed by atoms with E-state index in [1.807, 2.05) is 6.92 Å². The minimum absolute atomic E-state index is 0. The zero-order valence-electron chi connectivity index (χ0n) is 14.3. The molecule has 0 fully saturated rings. The molecule has 0 aromatic heterocycles. The molecule has 8 heteroatoms. The summed E-state index contributed by atoms with van der Waals surface area (Å²) in [7, 11) is 3.43. The van der Waals surface area contributed by atoms with Crippen molar-refractivity contribution in [1.82, 2.24) is 15.5 Å². The zero-order valence-corrected chi connectivity index (χ0v) is 17.5. The first-order chi connectivity index (χ1) is 11.0. The lowest BCUT2D eigenvalue weighted by atomic mass is 10.4. The van der Waals surface area contributed by atoms with Crippen LogP contribution in [0, 0.1) is 5.82 Å². The highest BCUT2D eigenvalue weighted by molar-refractivity contribution is 14.0. The van der Waals surface area contributed by atoms with Crippen molar-refractivity contribution in [3.05, 3.63) is 30.1 Å². The molecule has 5 nitrogen and oxygen atoms in total. The van der Waals surface area contributed by atoms with E-state index in [0.717, 1.165) is 30.2 Å². The number of aliphatic imine (C=N–C) groups is 1. The van der Waals surface area contributed by atoms with Gasteiger partial charge in [0.2, 0.25) is 5.91 Å².